The lowest BCUT2D eigenvalue weighted by Crippen LogP contribution is -2.11. The summed E-state index contributed by atoms with van der Waals surface area (Å²) in [5, 5.41) is 5.74. The van der Waals surface area contributed by atoms with Crippen LogP contribution < -0.4 is 10.6 Å². The Bertz CT molecular complexity index is 1110. The summed E-state index contributed by atoms with van der Waals surface area (Å²) in [5.74, 6) is 0.581. The lowest BCUT2D eigenvalue weighted by atomic mass is 10.2. The lowest BCUT2D eigenvalue weighted by molar-refractivity contribution is -0.141. The van der Waals surface area contributed by atoms with Crippen LogP contribution in [0, 0.1) is 5.92 Å². The zero-order chi connectivity index (χ0) is 22.9. The Hall–Kier alpha value is -3.44. The number of pyridine rings is 2. The molecule has 168 valence electrons. The van der Waals surface area contributed by atoms with E-state index in [4.69, 9.17) is 0 Å². The third-order valence-electron chi connectivity index (χ3n) is 4.61. The highest BCUT2D eigenvalue weighted by Crippen LogP contribution is 2.32. The first-order valence-electron chi connectivity index (χ1n) is 9.56. The number of hydrogen-bond acceptors (Lipinski definition) is 6. The molecule has 6 nitrogen and oxygen atoms in total. The standard InChI is InChI=1S/C20H16F6N6/c21-19(22,23)12-6-7-27-15(8-12)30-17-9-16(28-10-11-4-5-11)31-18(32-17)13-2-1-3-14(29-13)20(24,25)26/h1-3,6-9,11H,4-5,10H2,(H2,27,28,30,31,32). The average molecular weight is 454 g/mol. The summed E-state index contributed by atoms with van der Waals surface area (Å²) in [5.41, 5.74) is -2.14. The van der Waals surface area contributed by atoms with Crippen LogP contribution in [0.15, 0.2) is 42.6 Å². The predicted molar refractivity (Wildman–Crippen MR) is 104 cm³/mol. The van der Waals surface area contributed by atoms with Crippen molar-refractivity contribution in [1.82, 2.24) is 19.9 Å². The van der Waals surface area contributed by atoms with Gasteiger partial charge in [0, 0.05) is 18.8 Å². The zero-order valence-electron chi connectivity index (χ0n) is 16.3. The molecule has 0 amide bonds. The van der Waals surface area contributed by atoms with Gasteiger partial charge in [0.2, 0.25) is 0 Å². The molecule has 4 rings (SSSR count). The molecule has 1 saturated carbocycles. The smallest absolute Gasteiger partial charge is 0.370 e. The Morgan fingerprint density at radius 1 is 0.844 bits per heavy atom. The van der Waals surface area contributed by atoms with E-state index in [0.29, 0.717) is 18.3 Å². The largest absolute Gasteiger partial charge is 0.433 e. The van der Waals surface area contributed by atoms with Gasteiger partial charge in [-0.3, -0.25) is 0 Å². The zero-order valence-corrected chi connectivity index (χ0v) is 16.3. The fourth-order valence-electron chi connectivity index (χ4n) is 2.81. The van der Waals surface area contributed by atoms with Crippen molar-refractivity contribution in [3.05, 3.63) is 53.9 Å². The normalized spacial score (nSPS) is 14.3. The molecule has 12 heteroatoms. The van der Waals surface area contributed by atoms with Crippen LogP contribution in [0.2, 0.25) is 0 Å². The first-order valence-corrected chi connectivity index (χ1v) is 9.56. The SMILES string of the molecule is FC(F)(F)c1ccnc(Nc2cc(NCC3CC3)nc(-c3cccc(C(F)(F)F)n3)n2)c1. The van der Waals surface area contributed by atoms with E-state index >= 15 is 0 Å². The van der Waals surface area contributed by atoms with Gasteiger partial charge in [-0.25, -0.2) is 19.9 Å². The van der Waals surface area contributed by atoms with E-state index in [1.54, 1.807) is 0 Å². The van der Waals surface area contributed by atoms with E-state index < -0.39 is 23.6 Å². The Balaban J connectivity index is 1.68. The van der Waals surface area contributed by atoms with Crippen molar-refractivity contribution in [2.45, 2.75) is 25.2 Å². The van der Waals surface area contributed by atoms with E-state index in [9.17, 15) is 26.3 Å². The monoisotopic (exact) mass is 454 g/mol. The summed E-state index contributed by atoms with van der Waals surface area (Å²) in [6.45, 7) is 0.605. The molecule has 1 aliphatic carbocycles. The summed E-state index contributed by atoms with van der Waals surface area (Å²) >= 11 is 0. The van der Waals surface area contributed by atoms with Gasteiger partial charge in [-0.2, -0.15) is 26.3 Å². The molecule has 1 aliphatic rings. The summed E-state index contributed by atoms with van der Waals surface area (Å²) < 4.78 is 78.1. The Morgan fingerprint density at radius 2 is 1.59 bits per heavy atom. The van der Waals surface area contributed by atoms with Crippen LogP contribution in [0.25, 0.3) is 11.5 Å². The van der Waals surface area contributed by atoms with Crippen molar-refractivity contribution < 1.29 is 26.3 Å². The molecule has 0 aliphatic heterocycles. The van der Waals surface area contributed by atoms with Crippen molar-refractivity contribution in [3.63, 3.8) is 0 Å². The molecular weight excluding hydrogens is 438 g/mol. The number of aromatic nitrogens is 4. The topological polar surface area (TPSA) is 75.6 Å². The highest BCUT2D eigenvalue weighted by atomic mass is 19.4. The molecule has 0 unspecified atom stereocenters. The number of hydrogen-bond donors (Lipinski definition) is 2. The fraction of sp³-hybridized carbons (Fsp3) is 0.300. The van der Waals surface area contributed by atoms with Gasteiger partial charge < -0.3 is 10.6 Å². The van der Waals surface area contributed by atoms with E-state index in [0.717, 1.165) is 37.2 Å². The summed E-state index contributed by atoms with van der Waals surface area (Å²) in [7, 11) is 0. The molecule has 1 fully saturated rings. The minimum absolute atomic E-state index is 0.0549. The van der Waals surface area contributed by atoms with Crippen LogP contribution in [0.3, 0.4) is 0 Å². The maximum Gasteiger partial charge on any atom is 0.433 e. The van der Waals surface area contributed by atoms with Crippen LogP contribution in [-0.2, 0) is 12.4 Å². The molecule has 3 heterocycles. The fourth-order valence-corrected chi connectivity index (χ4v) is 2.81. The number of rotatable bonds is 6. The first-order chi connectivity index (χ1) is 15.1. The van der Waals surface area contributed by atoms with Crippen LogP contribution in [-0.4, -0.2) is 26.5 Å². The third-order valence-corrected chi connectivity index (χ3v) is 4.61. The van der Waals surface area contributed by atoms with Gasteiger partial charge in [0.15, 0.2) is 5.82 Å². The molecule has 3 aromatic heterocycles. The Labute approximate surface area is 178 Å². The van der Waals surface area contributed by atoms with Gasteiger partial charge in [-0.15, -0.1) is 0 Å². The van der Waals surface area contributed by atoms with E-state index in [1.165, 1.54) is 18.2 Å². The minimum Gasteiger partial charge on any atom is -0.370 e. The number of alkyl halides is 6. The number of nitrogens with zero attached hydrogens (tertiary/aromatic N) is 4. The Kier molecular flexibility index (Phi) is 5.61. The van der Waals surface area contributed by atoms with E-state index in [-0.39, 0.29) is 23.2 Å². The van der Waals surface area contributed by atoms with Crippen molar-refractivity contribution in [2.24, 2.45) is 5.92 Å². The third kappa shape index (κ3) is 5.42. The van der Waals surface area contributed by atoms with Crippen LogP contribution in [0.1, 0.15) is 24.1 Å². The van der Waals surface area contributed by atoms with Crippen LogP contribution in [0.4, 0.5) is 43.8 Å². The van der Waals surface area contributed by atoms with E-state index in [1.807, 2.05) is 0 Å². The predicted octanol–water partition coefficient (Wildman–Crippen LogP) is 5.54. The summed E-state index contributed by atoms with van der Waals surface area (Å²) in [4.78, 5) is 15.8. The lowest BCUT2D eigenvalue weighted by Gasteiger charge is -2.13. The summed E-state index contributed by atoms with van der Waals surface area (Å²) in [6.07, 6.45) is -6.11. The van der Waals surface area contributed by atoms with Crippen molar-refractivity contribution in [1.29, 1.82) is 0 Å². The Morgan fingerprint density at radius 3 is 2.28 bits per heavy atom. The minimum atomic E-state index is -4.65. The molecule has 32 heavy (non-hydrogen) atoms. The first kappa shape index (κ1) is 21.8. The molecule has 0 spiro atoms. The quantitative estimate of drug-likeness (QED) is 0.477. The van der Waals surface area contributed by atoms with Crippen LogP contribution in [0.5, 0.6) is 0 Å². The maximum atomic E-state index is 13.1. The van der Waals surface area contributed by atoms with Gasteiger partial charge in [0.05, 0.1) is 5.56 Å². The average Bonchev–Trinajstić information content (AvgIpc) is 3.56. The van der Waals surface area contributed by atoms with Crippen LogP contribution >= 0.6 is 0 Å². The molecule has 0 bridgehead atoms. The second-order valence-electron chi connectivity index (χ2n) is 7.24. The number of anilines is 3. The highest BCUT2D eigenvalue weighted by Gasteiger charge is 2.33. The molecule has 0 aromatic carbocycles. The molecule has 0 radical (unpaired) electrons. The second kappa shape index (κ2) is 8.24. The molecule has 2 N–H and O–H groups in total. The van der Waals surface area contributed by atoms with Gasteiger partial charge in [-0.1, -0.05) is 6.07 Å². The van der Waals surface area contributed by atoms with Gasteiger partial charge >= 0.3 is 12.4 Å². The number of nitrogens with one attached hydrogen (secondary N) is 2. The second-order valence-corrected chi connectivity index (χ2v) is 7.24. The van der Waals surface area contributed by atoms with Crippen molar-refractivity contribution in [3.8, 4) is 11.5 Å². The number of halogens is 6. The maximum absolute atomic E-state index is 13.1. The molecular formula is C20H16F6N6. The van der Waals surface area contributed by atoms with Gasteiger partial charge in [-0.05, 0) is 43.0 Å². The molecule has 0 saturated heterocycles. The molecule has 0 atom stereocenters. The van der Waals surface area contributed by atoms with Crippen molar-refractivity contribution in [2.75, 3.05) is 17.2 Å². The highest BCUT2D eigenvalue weighted by molar-refractivity contribution is 5.62. The summed E-state index contributed by atoms with van der Waals surface area (Å²) in [6, 6.07) is 6.40. The van der Waals surface area contributed by atoms with Gasteiger partial charge in [0.25, 0.3) is 0 Å². The van der Waals surface area contributed by atoms with Gasteiger partial charge in [0.1, 0.15) is 28.8 Å². The van der Waals surface area contributed by atoms with E-state index in [2.05, 4.69) is 30.6 Å². The van der Waals surface area contributed by atoms with Crippen molar-refractivity contribution >= 4 is 17.5 Å². The molecule has 3 aromatic rings.